The third-order valence-corrected chi connectivity index (χ3v) is 2.95. The molecule has 0 aromatic carbocycles. The first-order valence-corrected chi connectivity index (χ1v) is 6.37. The van der Waals surface area contributed by atoms with Gasteiger partial charge in [-0.1, -0.05) is 0 Å². The van der Waals surface area contributed by atoms with Crippen LogP contribution in [0.5, 0.6) is 0 Å². The van der Waals surface area contributed by atoms with Crippen LogP contribution in [0.25, 0.3) is 0 Å². The van der Waals surface area contributed by atoms with Crippen molar-refractivity contribution < 1.29 is 0 Å². The van der Waals surface area contributed by atoms with Gasteiger partial charge in [0.25, 0.3) is 0 Å². The molecule has 0 atom stereocenters. The molecule has 0 aliphatic rings. The van der Waals surface area contributed by atoms with Crippen LogP contribution in [0.4, 0.5) is 0 Å². The van der Waals surface area contributed by atoms with Crippen molar-refractivity contribution in [1.82, 2.24) is 0 Å². The predicted octanol–water partition coefficient (Wildman–Crippen LogP) is 1.44. The minimum atomic E-state index is 0.729. The molecule has 26 valence electrons. The Bertz CT molecular complexity index is 8.00. The van der Waals surface area contributed by atoms with E-state index >= 15 is 0 Å². The van der Waals surface area contributed by atoms with Gasteiger partial charge in [0, 0.05) is 0 Å². The van der Waals surface area contributed by atoms with Gasteiger partial charge in [0.1, 0.15) is 0 Å². The van der Waals surface area contributed by atoms with Gasteiger partial charge in [-0.2, -0.15) is 0 Å². The summed E-state index contributed by atoms with van der Waals surface area (Å²) in [6.45, 7) is 2.16. The molecule has 0 rings (SSSR count). The Morgan fingerprint density at radius 3 is 2.25 bits per heavy atom. The van der Waals surface area contributed by atoms with Crippen molar-refractivity contribution in [3.8, 4) is 0 Å². The number of hydrogen-bond acceptors (Lipinski definition) is 0. The standard InChI is InChI=1S/C2H5BrSe/c1-2-4-3/h2H2,1H3. The second kappa shape index (κ2) is 4.00. The Morgan fingerprint density at radius 2 is 2.25 bits per heavy atom. The van der Waals surface area contributed by atoms with Crippen LogP contribution in [0.2, 0.25) is 5.32 Å². The summed E-state index contributed by atoms with van der Waals surface area (Å²) >= 11 is 4.04. The summed E-state index contributed by atoms with van der Waals surface area (Å²) in [5, 5.41) is 1.30. The molecule has 4 heavy (non-hydrogen) atoms. The van der Waals surface area contributed by atoms with Crippen LogP contribution in [-0.2, 0) is 0 Å². The zero-order valence-corrected chi connectivity index (χ0v) is 5.79. The van der Waals surface area contributed by atoms with E-state index in [-0.39, 0.29) is 0 Å². The second-order valence-corrected chi connectivity index (χ2v) is 4.45. The fraction of sp³-hybridized carbons (Fsp3) is 1.00. The third-order valence-electron chi connectivity index (χ3n) is 0.109. The van der Waals surface area contributed by atoms with Crippen molar-refractivity contribution in [2.24, 2.45) is 0 Å². The van der Waals surface area contributed by atoms with E-state index in [2.05, 4.69) is 21.0 Å². The van der Waals surface area contributed by atoms with Gasteiger partial charge in [-0.05, 0) is 0 Å². The molecule has 0 nitrogen and oxygen atoms in total. The van der Waals surface area contributed by atoms with Crippen LogP contribution in [0.1, 0.15) is 6.92 Å². The van der Waals surface area contributed by atoms with E-state index in [4.69, 9.17) is 0 Å². The summed E-state index contributed by atoms with van der Waals surface area (Å²) in [6, 6.07) is 0. The van der Waals surface area contributed by atoms with Crippen molar-refractivity contribution >= 4 is 27.3 Å². The van der Waals surface area contributed by atoms with Gasteiger partial charge in [0.05, 0.1) is 0 Å². The van der Waals surface area contributed by atoms with Crippen molar-refractivity contribution in [2.45, 2.75) is 12.2 Å². The number of halogens is 1. The van der Waals surface area contributed by atoms with E-state index in [0.717, 1.165) is 13.1 Å². The summed E-state index contributed by atoms with van der Waals surface area (Å²) in [7, 11) is 0. The Labute approximate surface area is 39.8 Å². The molecule has 0 aromatic rings. The summed E-state index contributed by atoms with van der Waals surface area (Å²) in [4.78, 5) is 0. The van der Waals surface area contributed by atoms with Crippen molar-refractivity contribution in [1.29, 1.82) is 0 Å². The van der Waals surface area contributed by atoms with Crippen molar-refractivity contribution in [3.63, 3.8) is 0 Å². The molecular formula is C2H5BrSe. The Hall–Kier alpha value is 0.999. The quantitative estimate of drug-likeness (QED) is 0.546. The van der Waals surface area contributed by atoms with Crippen molar-refractivity contribution in [3.05, 3.63) is 0 Å². The molecule has 0 N–H and O–H groups in total. The summed E-state index contributed by atoms with van der Waals surface area (Å²) in [6.07, 6.45) is 0. The second-order valence-electron chi connectivity index (χ2n) is 0.398. The molecule has 0 bridgehead atoms. The fourth-order valence-electron chi connectivity index (χ4n) is 0. The van der Waals surface area contributed by atoms with Gasteiger partial charge in [-0.3, -0.25) is 0 Å². The van der Waals surface area contributed by atoms with Gasteiger partial charge in [-0.15, -0.1) is 0 Å². The first kappa shape index (κ1) is 5.00. The molecule has 0 heterocycles. The molecule has 0 fully saturated rings. The van der Waals surface area contributed by atoms with E-state index < -0.39 is 0 Å². The van der Waals surface area contributed by atoms with Crippen LogP contribution in [0.15, 0.2) is 0 Å². The van der Waals surface area contributed by atoms with Crippen molar-refractivity contribution in [2.75, 3.05) is 0 Å². The van der Waals surface area contributed by atoms with E-state index in [0.29, 0.717) is 0 Å². The first-order chi connectivity index (χ1) is 1.91. The summed E-state index contributed by atoms with van der Waals surface area (Å²) < 4.78 is 0. The predicted molar refractivity (Wildman–Crippen MR) is 25.2 cm³/mol. The fourth-order valence-corrected chi connectivity index (χ4v) is 0. The monoisotopic (exact) mass is 188 g/mol. The number of hydrogen-bond donors (Lipinski definition) is 0. The molecule has 0 aliphatic heterocycles. The maximum atomic E-state index is 3.31. The Balaban J connectivity index is 1.97. The van der Waals surface area contributed by atoms with Crippen LogP contribution >= 0.6 is 14.1 Å². The molecule has 2 heteroatoms. The number of rotatable bonds is 1. The molecule has 0 spiro atoms. The zero-order chi connectivity index (χ0) is 3.41. The SMILES string of the molecule is CC[Se]Br. The van der Waals surface area contributed by atoms with Gasteiger partial charge in [0.15, 0.2) is 0 Å². The van der Waals surface area contributed by atoms with E-state index in [1.54, 1.807) is 0 Å². The molecule has 0 saturated heterocycles. The molecule has 0 aliphatic carbocycles. The minimum absolute atomic E-state index is 0.729. The first-order valence-electron chi connectivity index (χ1n) is 1.15. The maximum absolute atomic E-state index is 3.31. The van der Waals surface area contributed by atoms with E-state index in [9.17, 15) is 0 Å². The Kier molecular flexibility index (Phi) is 5.00. The molecular weight excluding hydrogens is 183 g/mol. The summed E-state index contributed by atoms with van der Waals surface area (Å²) in [5.41, 5.74) is 0. The molecule has 0 saturated carbocycles. The molecule has 0 aromatic heterocycles. The van der Waals surface area contributed by atoms with Gasteiger partial charge < -0.3 is 0 Å². The van der Waals surface area contributed by atoms with Gasteiger partial charge >= 0.3 is 39.5 Å². The third kappa shape index (κ3) is 3.00. The van der Waals surface area contributed by atoms with Gasteiger partial charge in [-0.25, -0.2) is 0 Å². The zero-order valence-electron chi connectivity index (χ0n) is 2.49. The average molecular weight is 188 g/mol. The molecule has 0 radical (unpaired) electrons. The van der Waals surface area contributed by atoms with Crippen LogP contribution in [-0.4, -0.2) is 13.1 Å². The van der Waals surface area contributed by atoms with Crippen LogP contribution in [0, 0.1) is 0 Å². The Morgan fingerprint density at radius 1 is 2.00 bits per heavy atom. The van der Waals surface area contributed by atoms with Crippen LogP contribution in [0.3, 0.4) is 0 Å². The van der Waals surface area contributed by atoms with Crippen LogP contribution < -0.4 is 0 Å². The van der Waals surface area contributed by atoms with E-state index in [1.165, 1.54) is 5.32 Å². The van der Waals surface area contributed by atoms with E-state index in [1.807, 2.05) is 0 Å². The molecule has 0 unspecified atom stereocenters. The van der Waals surface area contributed by atoms with Gasteiger partial charge in [0.2, 0.25) is 0 Å². The summed E-state index contributed by atoms with van der Waals surface area (Å²) in [5.74, 6) is 0. The topological polar surface area (TPSA) is 0 Å². The normalized spacial score (nSPS) is 7.50. The molecule has 0 amide bonds. The average Bonchev–Trinajstić information content (AvgIpc) is 1.37.